The minimum atomic E-state index is -0.524. The molecule has 1 aromatic rings. The zero-order valence-corrected chi connectivity index (χ0v) is 18.9. The number of nitrogens with zero attached hydrogens (tertiary/aromatic N) is 1. The molecule has 0 saturated heterocycles. The van der Waals surface area contributed by atoms with E-state index in [-0.39, 0.29) is 28.9 Å². The number of nitriles is 1. The molecule has 1 amide bonds. The van der Waals surface area contributed by atoms with Crippen LogP contribution >= 0.6 is 11.8 Å². The summed E-state index contributed by atoms with van der Waals surface area (Å²) in [5.41, 5.74) is 1.76. The largest absolute Gasteiger partial charge is 0.468 e. The van der Waals surface area contributed by atoms with Crippen molar-refractivity contribution in [1.29, 1.82) is 5.26 Å². The molecule has 1 atom stereocenters. The highest BCUT2D eigenvalue weighted by Gasteiger charge is 2.43. The van der Waals surface area contributed by atoms with Gasteiger partial charge in [0, 0.05) is 23.7 Å². The molecular weight excluding hydrogens is 410 g/mol. The maximum atomic E-state index is 13.1. The average Bonchev–Trinajstić information content (AvgIpc) is 3.25. The van der Waals surface area contributed by atoms with Crippen LogP contribution < -0.4 is 10.6 Å². The lowest BCUT2D eigenvalue weighted by atomic mass is 9.70. The van der Waals surface area contributed by atoms with E-state index in [0.29, 0.717) is 34.8 Å². The van der Waals surface area contributed by atoms with Crippen molar-refractivity contribution >= 4 is 23.5 Å². The number of allylic oxidation sites excluding steroid dienone is 3. The fourth-order valence-corrected chi connectivity index (χ4v) is 5.76. The summed E-state index contributed by atoms with van der Waals surface area (Å²) >= 11 is 1.33. The van der Waals surface area contributed by atoms with E-state index >= 15 is 0 Å². The molecule has 0 spiro atoms. The molecule has 0 radical (unpaired) electrons. The zero-order valence-electron chi connectivity index (χ0n) is 18.1. The molecule has 0 aromatic carbocycles. The second kappa shape index (κ2) is 8.96. The van der Waals surface area contributed by atoms with E-state index in [1.165, 1.54) is 18.2 Å². The van der Waals surface area contributed by atoms with Gasteiger partial charge in [0.1, 0.15) is 5.76 Å². The van der Waals surface area contributed by atoms with Crippen LogP contribution in [0, 0.1) is 16.7 Å². The van der Waals surface area contributed by atoms with Crippen LogP contribution in [0.5, 0.6) is 0 Å². The van der Waals surface area contributed by atoms with Gasteiger partial charge in [0.2, 0.25) is 5.91 Å². The van der Waals surface area contributed by atoms with Gasteiger partial charge in [0.15, 0.2) is 5.78 Å². The molecule has 1 fully saturated rings. The fourth-order valence-electron chi connectivity index (χ4n) is 4.88. The number of hydrogen-bond donors (Lipinski definition) is 2. The number of hydrogen-bond acceptors (Lipinski definition) is 6. The molecule has 6 nitrogen and oxygen atoms in total. The second-order valence-corrected chi connectivity index (χ2v) is 10.4. The Morgan fingerprint density at radius 2 is 2.10 bits per heavy atom. The van der Waals surface area contributed by atoms with E-state index in [1.807, 2.05) is 6.07 Å². The fraction of sp³-hybridized carbons (Fsp3) is 0.542. The number of dihydropyridines is 1. The number of carbonyl (C=O) groups excluding carboxylic acids is 2. The molecule has 0 bridgehead atoms. The van der Waals surface area contributed by atoms with Crippen LogP contribution in [0.4, 0.5) is 0 Å². The predicted molar refractivity (Wildman–Crippen MR) is 120 cm³/mol. The minimum absolute atomic E-state index is 0.0159. The quantitative estimate of drug-likeness (QED) is 0.700. The molecule has 7 heteroatoms. The molecule has 164 valence electrons. The Kier molecular flexibility index (Phi) is 6.29. The van der Waals surface area contributed by atoms with Gasteiger partial charge < -0.3 is 15.1 Å². The molecule has 2 N–H and O–H groups in total. The molecule has 2 heterocycles. The summed E-state index contributed by atoms with van der Waals surface area (Å²) in [4.78, 5) is 25.6. The number of rotatable bonds is 5. The van der Waals surface area contributed by atoms with Gasteiger partial charge in [0.05, 0.1) is 34.6 Å². The maximum Gasteiger partial charge on any atom is 0.230 e. The van der Waals surface area contributed by atoms with Crippen molar-refractivity contribution in [3.8, 4) is 6.07 Å². The van der Waals surface area contributed by atoms with Gasteiger partial charge in [-0.2, -0.15) is 5.26 Å². The molecular formula is C24H29N3O3S. The van der Waals surface area contributed by atoms with Crippen molar-refractivity contribution in [1.82, 2.24) is 10.6 Å². The van der Waals surface area contributed by atoms with Crippen LogP contribution in [-0.4, -0.2) is 23.5 Å². The van der Waals surface area contributed by atoms with E-state index in [0.717, 1.165) is 31.4 Å². The van der Waals surface area contributed by atoms with Crippen molar-refractivity contribution in [2.45, 2.75) is 70.8 Å². The van der Waals surface area contributed by atoms with Gasteiger partial charge in [-0.05, 0) is 36.8 Å². The van der Waals surface area contributed by atoms with Crippen molar-refractivity contribution in [3.05, 3.63) is 46.0 Å². The summed E-state index contributed by atoms with van der Waals surface area (Å²) in [6.45, 7) is 4.15. The molecule has 2 aliphatic carbocycles. The van der Waals surface area contributed by atoms with E-state index in [1.54, 1.807) is 12.3 Å². The first-order valence-electron chi connectivity index (χ1n) is 11.0. The number of carbonyl (C=O) groups is 2. The topological polar surface area (TPSA) is 95.1 Å². The highest BCUT2D eigenvalue weighted by atomic mass is 32.2. The van der Waals surface area contributed by atoms with Gasteiger partial charge in [-0.3, -0.25) is 9.59 Å². The maximum absolute atomic E-state index is 13.1. The summed E-state index contributed by atoms with van der Waals surface area (Å²) < 4.78 is 5.64. The number of amides is 1. The van der Waals surface area contributed by atoms with Gasteiger partial charge in [-0.15, -0.1) is 0 Å². The first kappa shape index (κ1) is 21.8. The summed E-state index contributed by atoms with van der Waals surface area (Å²) in [5.74, 6) is 0.325. The first-order chi connectivity index (χ1) is 14.9. The molecule has 4 rings (SSSR count). The van der Waals surface area contributed by atoms with Crippen molar-refractivity contribution in [3.63, 3.8) is 0 Å². The Labute approximate surface area is 187 Å². The lowest BCUT2D eigenvalue weighted by Gasteiger charge is -2.38. The summed E-state index contributed by atoms with van der Waals surface area (Å²) in [5, 5.41) is 17.1. The van der Waals surface area contributed by atoms with E-state index in [2.05, 4.69) is 30.6 Å². The van der Waals surface area contributed by atoms with Gasteiger partial charge in [0.25, 0.3) is 0 Å². The van der Waals surface area contributed by atoms with Gasteiger partial charge in [-0.1, -0.05) is 44.9 Å². The molecule has 31 heavy (non-hydrogen) atoms. The normalized spacial score (nSPS) is 23.8. The molecule has 1 aliphatic heterocycles. The lowest BCUT2D eigenvalue weighted by Crippen LogP contribution is -2.38. The van der Waals surface area contributed by atoms with Crippen molar-refractivity contribution < 1.29 is 14.0 Å². The van der Waals surface area contributed by atoms with Gasteiger partial charge >= 0.3 is 0 Å². The lowest BCUT2D eigenvalue weighted by molar-refractivity contribution is -0.120. The first-order valence-corrected chi connectivity index (χ1v) is 12.0. The van der Waals surface area contributed by atoms with Crippen molar-refractivity contribution in [2.24, 2.45) is 5.41 Å². The highest BCUT2D eigenvalue weighted by molar-refractivity contribution is 8.03. The van der Waals surface area contributed by atoms with Crippen LogP contribution in [0.1, 0.15) is 70.5 Å². The average molecular weight is 440 g/mol. The van der Waals surface area contributed by atoms with Crippen LogP contribution in [0.2, 0.25) is 0 Å². The molecule has 1 saturated carbocycles. The van der Waals surface area contributed by atoms with Crippen LogP contribution in [-0.2, 0) is 9.59 Å². The summed E-state index contributed by atoms with van der Waals surface area (Å²) in [6.07, 6.45) is 8.35. The van der Waals surface area contributed by atoms with Crippen LogP contribution in [0.3, 0.4) is 0 Å². The number of nitrogens with one attached hydrogen (secondary N) is 2. The third-order valence-corrected chi connectivity index (χ3v) is 7.29. The Bertz CT molecular complexity index is 963. The monoisotopic (exact) mass is 439 g/mol. The standard InChI is InChI=1S/C24H29N3O3S/c1-24(2)11-17-22(18(28)12-24)21(19-9-6-10-30-19)16(13-25)23(27-17)31-14-20(29)26-15-7-4-3-5-8-15/h6,9-10,15,21,27H,3-5,7-8,11-12,14H2,1-2H3,(H,26,29). The highest BCUT2D eigenvalue weighted by Crippen LogP contribution is 2.47. The van der Waals surface area contributed by atoms with Crippen LogP contribution in [0.15, 0.2) is 44.7 Å². The number of furan rings is 1. The van der Waals surface area contributed by atoms with E-state index in [4.69, 9.17) is 4.42 Å². The second-order valence-electron chi connectivity index (χ2n) is 9.45. The predicted octanol–water partition coefficient (Wildman–Crippen LogP) is 4.53. The van der Waals surface area contributed by atoms with Crippen molar-refractivity contribution in [2.75, 3.05) is 5.75 Å². The minimum Gasteiger partial charge on any atom is -0.468 e. The Morgan fingerprint density at radius 1 is 1.32 bits per heavy atom. The summed E-state index contributed by atoms with van der Waals surface area (Å²) in [6, 6.07) is 6.13. The SMILES string of the molecule is CC1(C)CC(=O)C2=C(C1)NC(SCC(=O)NC1CCCCC1)=C(C#N)C2c1ccco1. The number of thioether (sulfide) groups is 1. The summed E-state index contributed by atoms with van der Waals surface area (Å²) in [7, 11) is 0. The van der Waals surface area contributed by atoms with E-state index in [9.17, 15) is 14.9 Å². The number of Topliss-reactive ketones (excluding diaryl/α,β-unsaturated/α-hetero) is 1. The Hall–Kier alpha value is -2.46. The van der Waals surface area contributed by atoms with Gasteiger partial charge in [-0.25, -0.2) is 0 Å². The number of ketones is 1. The Morgan fingerprint density at radius 3 is 2.77 bits per heavy atom. The zero-order chi connectivity index (χ0) is 22.0. The van der Waals surface area contributed by atoms with E-state index < -0.39 is 5.92 Å². The molecule has 3 aliphatic rings. The smallest absolute Gasteiger partial charge is 0.230 e. The third kappa shape index (κ3) is 4.74. The molecule has 1 unspecified atom stereocenters. The van der Waals surface area contributed by atoms with Crippen LogP contribution in [0.25, 0.3) is 0 Å². The third-order valence-electron chi connectivity index (χ3n) is 6.27. The Balaban J connectivity index is 1.58. The molecule has 1 aromatic heterocycles.